The lowest BCUT2D eigenvalue weighted by Crippen LogP contribution is -1.97. The van der Waals surface area contributed by atoms with Crippen molar-refractivity contribution >= 4 is 5.97 Å². The van der Waals surface area contributed by atoms with Crippen LogP contribution in [-0.4, -0.2) is 13.1 Å². The summed E-state index contributed by atoms with van der Waals surface area (Å²) in [5.41, 5.74) is 3.50. The van der Waals surface area contributed by atoms with Crippen molar-refractivity contribution in [2.45, 2.75) is 34.1 Å². The van der Waals surface area contributed by atoms with Crippen molar-refractivity contribution in [2.75, 3.05) is 7.11 Å². The molecule has 0 amide bonds. The fraction of sp³-hybridized carbons (Fsp3) is 0.500. The molecule has 0 aliphatic heterocycles. The molecule has 90 valence electrons. The average molecular weight is 222 g/mol. The maximum atomic E-state index is 11.0. The van der Waals surface area contributed by atoms with Crippen molar-refractivity contribution in [1.82, 2.24) is 0 Å². The summed E-state index contributed by atoms with van der Waals surface area (Å²) in [7, 11) is 1.38. The summed E-state index contributed by atoms with van der Waals surface area (Å²) in [6.07, 6.45) is 4.08. The number of hydrogen-bond acceptors (Lipinski definition) is 2. The smallest absolute Gasteiger partial charge is 0.330 e. The van der Waals surface area contributed by atoms with Gasteiger partial charge in [0.25, 0.3) is 0 Å². The van der Waals surface area contributed by atoms with Crippen LogP contribution in [0.4, 0.5) is 0 Å². The molecule has 0 aromatic carbocycles. The summed E-state index contributed by atoms with van der Waals surface area (Å²) >= 11 is 0. The number of carbonyl (C=O) groups is 1. The normalized spacial score (nSPS) is 10.6. The van der Waals surface area contributed by atoms with Gasteiger partial charge < -0.3 is 4.74 Å². The summed E-state index contributed by atoms with van der Waals surface area (Å²) in [6.45, 7) is 12.3. The van der Waals surface area contributed by atoms with Crippen LogP contribution in [0.5, 0.6) is 0 Å². The molecule has 0 N–H and O–H groups in total. The molecule has 0 saturated heterocycles. The second kappa shape index (κ2) is 7.04. The van der Waals surface area contributed by atoms with Crippen LogP contribution >= 0.6 is 0 Å². The zero-order valence-electron chi connectivity index (χ0n) is 11.0. The molecule has 0 aromatic rings. The van der Waals surface area contributed by atoms with E-state index in [1.54, 1.807) is 0 Å². The van der Waals surface area contributed by atoms with Crippen molar-refractivity contribution in [2.24, 2.45) is 5.92 Å². The molecule has 0 atom stereocenters. The highest BCUT2D eigenvalue weighted by Gasteiger charge is 2.04. The maximum absolute atomic E-state index is 11.0. The van der Waals surface area contributed by atoms with Crippen LogP contribution in [0, 0.1) is 5.92 Å². The lowest BCUT2D eigenvalue weighted by atomic mass is 9.95. The fourth-order valence-electron chi connectivity index (χ4n) is 1.09. The zero-order chi connectivity index (χ0) is 12.7. The molecular formula is C14H22O2. The van der Waals surface area contributed by atoms with Crippen LogP contribution in [0.2, 0.25) is 0 Å². The van der Waals surface area contributed by atoms with Gasteiger partial charge in [-0.15, -0.1) is 0 Å². The first kappa shape index (κ1) is 14.7. The highest BCUT2D eigenvalue weighted by atomic mass is 16.5. The summed E-state index contributed by atoms with van der Waals surface area (Å²) in [6, 6.07) is 0. The standard InChI is InChI=1S/C14H22O2/c1-10(2)12(5)9-13(11(3)4)7-8-14(15)16-6/h7-8,10H,5,9H2,1-4,6H3. The minimum atomic E-state index is -0.325. The number of carbonyl (C=O) groups excluding carboxylic acids is 1. The van der Waals surface area contributed by atoms with E-state index in [-0.39, 0.29) is 5.97 Å². The van der Waals surface area contributed by atoms with Crippen molar-refractivity contribution in [3.63, 3.8) is 0 Å². The molecule has 0 aliphatic carbocycles. The molecule has 2 nitrogen and oxygen atoms in total. The Kier molecular flexibility index (Phi) is 6.47. The predicted octanol–water partition coefficient (Wildman–Crippen LogP) is 3.65. The van der Waals surface area contributed by atoms with Gasteiger partial charge >= 0.3 is 5.97 Å². The number of esters is 1. The molecule has 0 spiro atoms. The van der Waals surface area contributed by atoms with Gasteiger partial charge in [-0.3, -0.25) is 0 Å². The van der Waals surface area contributed by atoms with E-state index in [1.165, 1.54) is 24.3 Å². The Morgan fingerprint density at radius 3 is 2.25 bits per heavy atom. The second-order valence-electron chi connectivity index (χ2n) is 4.37. The Bertz CT molecular complexity index is 316. The van der Waals surface area contributed by atoms with Crippen molar-refractivity contribution in [1.29, 1.82) is 0 Å². The third-order valence-corrected chi connectivity index (χ3v) is 2.50. The van der Waals surface area contributed by atoms with Crippen LogP contribution in [0.1, 0.15) is 34.1 Å². The van der Waals surface area contributed by atoms with Gasteiger partial charge in [0.1, 0.15) is 0 Å². The molecule has 16 heavy (non-hydrogen) atoms. The summed E-state index contributed by atoms with van der Waals surface area (Å²) in [5.74, 6) is 0.134. The number of methoxy groups -OCH3 is 1. The van der Waals surface area contributed by atoms with Crippen molar-refractivity contribution in [3.8, 4) is 0 Å². The van der Waals surface area contributed by atoms with Gasteiger partial charge in [-0.2, -0.15) is 0 Å². The topological polar surface area (TPSA) is 26.3 Å². The monoisotopic (exact) mass is 222 g/mol. The van der Waals surface area contributed by atoms with Gasteiger partial charge in [0.2, 0.25) is 0 Å². The number of ether oxygens (including phenoxy) is 1. The molecule has 0 aliphatic rings. The molecule has 0 rings (SSSR count). The summed E-state index contributed by atoms with van der Waals surface area (Å²) in [4.78, 5) is 11.0. The Balaban J connectivity index is 4.68. The highest BCUT2D eigenvalue weighted by Crippen LogP contribution is 2.20. The van der Waals surface area contributed by atoms with Crippen LogP contribution in [0.15, 0.2) is 35.5 Å². The van der Waals surface area contributed by atoms with E-state index in [9.17, 15) is 4.79 Å². The first-order chi connectivity index (χ1) is 7.38. The van der Waals surface area contributed by atoms with Gasteiger partial charge in [0.15, 0.2) is 0 Å². The second-order valence-corrected chi connectivity index (χ2v) is 4.37. The molecule has 0 radical (unpaired) electrons. The molecule has 0 saturated carbocycles. The van der Waals surface area contributed by atoms with Gasteiger partial charge in [0, 0.05) is 6.08 Å². The van der Waals surface area contributed by atoms with Crippen LogP contribution in [-0.2, 0) is 9.53 Å². The van der Waals surface area contributed by atoms with Crippen LogP contribution in [0.25, 0.3) is 0 Å². The largest absolute Gasteiger partial charge is 0.466 e. The van der Waals surface area contributed by atoms with Crippen molar-refractivity contribution in [3.05, 3.63) is 35.5 Å². The Morgan fingerprint density at radius 1 is 1.31 bits per heavy atom. The van der Waals surface area contributed by atoms with E-state index < -0.39 is 0 Å². The van der Waals surface area contributed by atoms with Gasteiger partial charge in [-0.1, -0.05) is 37.6 Å². The Hall–Kier alpha value is -1.31. The first-order valence-electron chi connectivity index (χ1n) is 5.48. The van der Waals surface area contributed by atoms with E-state index in [1.807, 2.05) is 19.9 Å². The summed E-state index contributed by atoms with van der Waals surface area (Å²) < 4.78 is 4.56. The quantitative estimate of drug-likeness (QED) is 0.307. The van der Waals surface area contributed by atoms with E-state index in [4.69, 9.17) is 0 Å². The third kappa shape index (κ3) is 5.54. The van der Waals surface area contributed by atoms with Gasteiger partial charge in [-0.25, -0.2) is 4.79 Å². The lowest BCUT2D eigenvalue weighted by molar-refractivity contribution is -0.134. The van der Waals surface area contributed by atoms with Crippen LogP contribution in [0.3, 0.4) is 0 Å². The lowest BCUT2D eigenvalue weighted by Gasteiger charge is -2.11. The number of allylic oxidation sites excluding steroid dienone is 4. The maximum Gasteiger partial charge on any atom is 0.330 e. The zero-order valence-corrected chi connectivity index (χ0v) is 11.0. The Labute approximate surface area is 98.7 Å². The molecule has 0 unspecified atom stereocenters. The predicted molar refractivity (Wildman–Crippen MR) is 68.1 cm³/mol. The molecule has 0 fully saturated rings. The third-order valence-electron chi connectivity index (χ3n) is 2.50. The first-order valence-corrected chi connectivity index (χ1v) is 5.48. The van der Waals surface area contributed by atoms with E-state index in [2.05, 4.69) is 25.2 Å². The van der Waals surface area contributed by atoms with E-state index in [0.29, 0.717) is 5.92 Å². The number of hydrogen-bond donors (Lipinski definition) is 0. The van der Waals surface area contributed by atoms with E-state index >= 15 is 0 Å². The van der Waals surface area contributed by atoms with Gasteiger partial charge in [0.05, 0.1) is 7.11 Å². The fourth-order valence-corrected chi connectivity index (χ4v) is 1.09. The molecular weight excluding hydrogens is 200 g/mol. The SMILES string of the molecule is C=C(CC(C=CC(=O)OC)=C(C)C)C(C)C. The minimum absolute atomic E-state index is 0.325. The van der Waals surface area contributed by atoms with Gasteiger partial charge in [-0.05, 0) is 31.8 Å². The van der Waals surface area contributed by atoms with Crippen LogP contribution < -0.4 is 0 Å². The highest BCUT2D eigenvalue weighted by molar-refractivity contribution is 5.82. The van der Waals surface area contributed by atoms with Crippen molar-refractivity contribution < 1.29 is 9.53 Å². The molecule has 2 heteroatoms. The molecule has 0 heterocycles. The Morgan fingerprint density at radius 2 is 1.88 bits per heavy atom. The van der Waals surface area contributed by atoms with E-state index in [0.717, 1.165) is 12.0 Å². The molecule has 0 aromatic heterocycles. The average Bonchev–Trinajstić information content (AvgIpc) is 2.22. The number of rotatable bonds is 5. The minimum Gasteiger partial charge on any atom is -0.466 e. The molecule has 0 bridgehead atoms. The summed E-state index contributed by atoms with van der Waals surface area (Å²) in [5, 5.41) is 0.